The molecule has 0 aliphatic heterocycles. The molecule has 0 saturated heterocycles. The van der Waals surface area contributed by atoms with E-state index in [0.717, 1.165) is 29.8 Å². The van der Waals surface area contributed by atoms with Gasteiger partial charge in [0, 0.05) is 18.5 Å². The number of nitrogens with zero attached hydrogens (tertiary/aromatic N) is 1. The van der Waals surface area contributed by atoms with Crippen LogP contribution in [0.4, 0.5) is 0 Å². The standard InChI is InChI=1S/C14H23N3OS.ClH/c1-10-3-2-4-11(7-10)5-6-16-14(18)12-9-19-13(8-15)17-12;/h9-11H,2-8,15H2,1H3,(H,16,18);1H. The van der Waals surface area contributed by atoms with Gasteiger partial charge in [-0.05, 0) is 24.7 Å². The number of amides is 1. The lowest BCUT2D eigenvalue weighted by Crippen LogP contribution is -2.27. The molecule has 1 aliphatic rings. The Morgan fingerprint density at radius 3 is 3.00 bits per heavy atom. The molecule has 0 radical (unpaired) electrons. The zero-order chi connectivity index (χ0) is 13.7. The molecule has 1 heterocycles. The van der Waals surface area contributed by atoms with Gasteiger partial charge >= 0.3 is 0 Å². The average molecular weight is 318 g/mol. The van der Waals surface area contributed by atoms with Crippen LogP contribution in [-0.2, 0) is 6.54 Å². The Morgan fingerprint density at radius 2 is 2.35 bits per heavy atom. The highest BCUT2D eigenvalue weighted by Gasteiger charge is 2.19. The van der Waals surface area contributed by atoms with Crippen molar-refractivity contribution in [3.63, 3.8) is 0 Å². The number of thiazole rings is 1. The van der Waals surface area contributed by atoms with Crippen LogP contribution in [0, 0.1) is 11.8 Å². The van der Waals surface area contributed by atoms with Crippen molar-refractivity contribution in [1.82, 2.24) is 10.3 Å². The Kier molecular flexibility index (Phi) is 7.48. The lowest BCUT2D eigenvalue weighted by atomic mass is 9.81. The zero-order valence-electron chi connectivity index (χ0n) is 11.9. The normalized spacial score (nSPS) is 22.1. The van der Waals surface area contributed by atoms with Crippen LogP contribution < -0.4 is 11.1 Å². The molecule has 1 saturated carbocycles. The number of rotatable bonds is 5. The minimum atomic E-state index is -0.0696. The topological polar surface area (TPSA) is 68.0 Å². The number of hydrogen-bond donors (Lipinski definition) is 2. The van der Waals surface area contributed by atoms with Crippen LogP contribution >= 0.6 is 23.7 Å². The molecule has 3 N–H and O–H groups in total. The van der Waals surface area contributed by atoms with Gasteiger partial charge in [0.15, 0.2) is 0 Å². The molecular formula is C14H24ClN3OS. The maximum absolute atomic E-state index is 11.9. The minimum Gasteiger partial charge on any atom is -0.351 e. The number of aromatic nitrogens is 1. The van der Waals surface area contributed by atoms with E-state index in [2.05, 4.69) is 17.2 Å². The van der Waals surface area contributed by atoms with Gasteiger partial charge in [0.25, 0.3) is 5.91 Å². The first kappa shape index (κ1) is 17.4. The van der Waals surface area contributed by atoms with Gasteiger partial charge in [0.2, 0.25) is 0 Å². The van der Waals surface area contributed by atoms with Crippen molar-refractivity contribution >= 4 is 29.7 Å². The largest absolute Gasteiger partial charge is 0.351 e. The number of halogens is 1. The number of carbonyl (C=O) groups excluding carboxylic acids is 1. The van der Waals surface area contributed by atoms with Gasteiger partial charge in [0.1, 0.15) is 10.7 Å². The second-order valence-electron chi connectivity index (χ2n) is 5.51. The zero-order valence-corrected chi connectivity index (χ0v) is 13.6. The van der Waals surface area contributed by atoms with E-state index in [0.29, 0.717) is 12.2 Å². The predicted octanol–water partition coefficient (Wildman–Crippen LogP) is 2.97. The van der Waals surface area contributed by atoms with Crippen molar-refractivity contribution in [2.75, 3.05) is 6.54 Å². The SMILES string of the molecule is CC1CCCC(CCNC(=O)c2csc(CN)n2)C1.Cl. The van der Waals surface area contributed by atoms with Crippen LogP contribution in [0.1, 0.15) is 54.5 Å². The highest BCUT2D eigenvalue weighted by atomic mass is 35.5. The first-order valence-electron chi connectivity index (χ1n) is 7.11. The highest BCUT2D eigenvalue weighted by Crippen LogP contribution is 2.30. The van der Waals surface area contributed by atoms with Crippen LogP contribution in [0.25, 0.3) is 0 Å². The number of hydrogen-bond acceptors (Lipinski definition) is 4. The van der Waals surface area contributed by atoms with E-state index in [1.807, 2.05) is 0 Å². The molecule has 6 heteroatoms. The molecule has 2 rings (SSSR count). The molecule has 1 amide bonds. The third-order valence-electron chi connectivity index (χ3n) is 3.84. The molecule has 1 aliphatic carbocycles. The Bertz CT molecular complexity index is 424. The fourth-order valence-corrected chi connectivity index (χ4v) is 3.47. The summed E-state index contributed by atoms with van der Waals surface area (Å²) in [4.78, 5) is 16.1. The van der Waals surface area contributed by atoms with Crippen LogP contribution in [-0.4, -0.2) is 17.4 Å². The maximum atomic E-state index is 11.9. The average Bonchev–Trinajstić information content (AvgIpc) is 2.87. The predicted molar refractivity (Wildman–Crippen MR) is 85.3 cm³/mol. The van der Waals surface area contributed by atoms with Crippen LogP contribution in [0.15, 0.2) is 5.38 Å². The highest BCUT2D eigenvalue weighted by molar-refractivity contribution is 7.09. The molecule has 4 nitrogen and oxygen atoms in total. The lowest BCUT2D eigenvalue weighted by molar-refractivity contribution is 0.0945. The number of nitrogens with one attached hydrogen (secondary N) is 1. The summed E-state index contributed by atoms with van der Waals surface area (Å²) < 4.78 is 0. The molecule has 20 heavy (non-hydrogen) atoms. The van der Waals surface area contributed by atoms with Gasteiger partial charge in [-0.1, -0.05) is 26.2 Å². The second-order valence-corrected chi connectivity index (χ2v) is 6.46. The van der Waals surface area contributed by atoms with Gasteiger partial charge in [-0.25, -0.2) is 4.98 Å². The Labute approximate surface area is 131 Å². The summed E-state index contributed by atoms with van der Waals surface area (Å²) in [5.74, 6) is 1.55. The van der Waals surface area contributed by atoms with E-state index in [-0.39, 0.29) is 18.3 Å². The Morgan fingerprint density at radius 1 is 1.55 bits per heavy atom. The van der Waals surface area contributed by atoms with Crippen LogP contribution in [0.5, 0.6) is 0 Å². The Balaban J connectivity index is 0.00000200. The van der Waals surface area contributed by atoms with E-state index < -0.39 is 0 Å². The molecule has 0 spiro atoms. The van der Waals surface area contributed by atoms with Gasteiger partial charge in [-0.15, -0.1) is 23.7 Å². The lowest BCUT2D eigenvalue weighted by Gasteiger charge is -2.26. The summed E-state index contributed by atoms with van der Waals surface area (Å²) in [6.45, 7) is 3.48. The molecule has 0 bridgehead atoms. The molecule has 114 valence electrons. The summed E-state index contributed by atoms with van der Waals surface area (Å²) in [5.41, 5.74) is 5.99. The second kappa shape index (κ2) is 8.60. The minimum absolute atomic E-state index is 0. The van der Waals surface area contributed by atoms with Crippen molar-refractivity contribution in [2.24, 2.45) is 17.6 Å². The molecule has 0 aromatic carbocycles. The van der Waals surface area contributed by atoms with Crippen molar-refractivity contribution in [1.29, 1.82) is 0 Å². The third kappa shape index (κ3) is 5.04. The molecule has 1 aromatic rings. The fourth-order valence-electron chi connectivity index (χ4n) is 2.81. The quantitative estimate of drug-likeness (QED) is 0.877. The molecular weight excluding hydrogens is 294 g/mol. The first-order chi connectivity index (χ1) is 9.19. The summed E-state index contributed by atoms with van der Waals surface area (Å²) in [5, 5.41) is 5.55. The number of nitrogens with two attached hydrogens (primary N) is 1. The smallest absolute Gasteiger partial charge is 0.270 e. The van der Waals surface area contributed by atoms with E-state index in [1.54, 1.807) is 5.38 Å². The summed E-state index contributed by atoms with van der Waals surface area (Å²) in [6.07, 6.45) is 6.41. The molecule has 1 aromatic heterocycles. The molecule has 1 fully saturated rings. The van der Waals surface area contributed by atoms with Gasteiger partial charge in [0.05, 0.1) is 0 Å². The van der Waals surface area contributed by atoms with E-state index in [1.165, 1.54) is 37.0 Å². The van der Waals surface area contributed by atoms with Gasteiger partial charge in [-0.2, -0.15) is 0 Å². The van der Waals surface area contributed by atoms with E-state index in [4.69, 9.17) is 5.73 Å². The van der Waals surface area contributed by atoms with Crippen molar-refractivity contribution in [3.8, 4) is 0 Å². The van der Waals surface area contributed by atoms with Crippen LogP contribution in [0.3, 0.4) is 0 Å². The maximum Gasteiger partial charge on any atom is 0.270 e. The van der Waals surface area contributed by atoms with Gasteiger partial charge in [-0.3, -0.25) is 4.79 Å². The summed E-state index contributed by atoms with van der Waals surface area (Å²) in [6, 6.07) is 0. The van der Waals surface area contributed by atoms with Crippen molar-refractivity contribution in [2.45, 2.75) is 45.6 Å². The molecule has 2 atom stereocenters. The Hall–Kier alpha value is -0.650. The molecule has 2 unspecified atom stereocenters. The third-order valence-corrected chi connectivity index (χ3v) is 4.71. The monoisotopic (exact) mass is 317 g/mol. The van der Waals surface area contributed by atoms with Crippen molar-refractivity contribution in [3.05, 3.63) is 16.1 Å². The first-order valence-corrected chi connectivity index (χ1v) is 7.99. The van der Waals surface area contributed by atoms with Crippen LogP contribution in [0.2, 0.25) is 0 Å². The summed E-state index contributed by atoms with van der Waals surface area (Å²) >= 11 is 1.44. The summed E-state index contributed by atoms with van der Waals surface area (Å²) in [7, 11) is 0. The number of carbonyl (C=O) groups is 1. The van der Waals surface area contributed by atoms with E-state index in [9.17, 15) is 4.79 Å². The van der Waals surface area contributed by atoms with E-state index >= 15 is 0 Å². The fraction of sp³-hybridized carbons (Fsp3) is 0.714. The van der Waals surface area contributed by atoms with Crippen molar-refractivity contribution < 1.29 is 4.79 Å². The van der Waals surface area contributed by atoms with Gasteiger partial charge < -0.3 is 11.1 Å².